The van der Waals surface area contributed by atoms with Gasteiger partial charge in [0.25, 0.3) is 0 Å². The van der Waals surface area contributed by atoms with Gasteiger partial charge in [-0.05, 0) is 6.42 Å². The molecule has 104 valence electrons. The lowest BCUT2D eigenvalue weighted by molar-refractivity contribution is -0.136. The van der Waals surface area contributed by atoms with Crippen LogP contribution in [0.25, 0.3) is 0 Å². The molecule has 1 heterocycles. The number of aromatic amines is 1. The second-order valence-corrected chi connectivity index (χ2v) is 5.68. The van der Waals surface area contributed by atoms with E-state index in [4.69, 9.17) is 0 Å². The van der Waals surface area contributed by atoms with E-state index in [0.29, 0.717) is 17.1 Å². The largest absolute Gasteiger partial charge is 0.402 e. The Labute approximate surface area is 103 Å². The van der Waals surface area contributed by atoms with Gasteiger partial charge in [0.15, 0.2) is 0 Å². The molecule has 0 bridgehead atoms. The van der Waals surface area contributed by atoms with Crippen LogP contribution in [-0.4, -0.2) is 42.2 Å². The predicted molar refractivity (Wildman–Crippen MR) is 58.3 cm³/mol. The van der Waals surface area contributed by atoms with Crippen LogP contribution in [-0.2, 0) is 10.0 Å². The smallest absolute Gasteiger partial charge is 0.284 e. The Hall–Kier alpha value is -1.09. The summed E-state index contributed by atoms with van der Waals surface area (Å²) in [5.74, 6) is 0. The van der Waals surface area contributed by atoms with Gasteiger partial charge in [0, 0.05) is 12.7 Å². The van der Waals surface area contributed by atoms with Crippen molar-refractivity contribution in [2.75, 3.05) is 13.1 Å². The minimum Gasteiger partial charge on any atom is -0.284 e. The van der Waals surface area contributed by atoms with Crippen molar-refractivity contribution in [1.82, 2.24) is 14.5 Å². The Bertz CT molecular complexity index is 456. The molecule has 18 heavy (non-hydrogen) atoms. The summed E-state index contributed by atoms with van der Waals surface area (Å²) < 4.78 is 61.4. The van der Waals surface area contributed by atoms with E-state index in [0.717, 1.165) is 12.4 Å². The van der Waals surface area contributed by atoms with Gasteiger partial charge in [0.2, 0.25) is 10.0 Å². The van der Waals surface area contributed by atoms with Crippen LogP contribution in [0.5, 0.6) is 0 Å². The monoisotopic (exact) mass is 285 g/mol. The van der Waals surface area contributed by atoms with E-state index in [1.165, 1.54) is 0 Å². The van der Waals surface area contributed by atoms with Crippen molar-refractivity contribution < 1.29 is 21.6 Å². The number of alkyl halides is 3. The number of rotatable bonds is 6. The molecule has 5 nitrogen and oxygen atoms in total. The fourth-order valence-electron chi connectivity index (χ4n) is 1.35. The standard InChI is InChI=1S/C9H14F3N3O2S/c1-2-3-4-15(7-9(10,11)12)18(16,17)8-5-13-14-6-8/h5-6H,2-4,7H2,1H3,(H,13,14). The van der Waals surface area contributed by atoms with E-state index < -0.39 is 22.7 Å². The maximum absolute atomic E-state index is 12.4. The van der Waals surface area contributed by atoms with E-state index >= 15 is 0 Å². The first-order chi connectivity index (χ1) is 8.27. The number of hydrogen-bond donors (Lipinski definition) is 1. The maximum Gasteiger partial charge on any atom is 0.402 e. The van der Waals surface area contributed by atoms with E-state index in [2.05, 4.69) is 10.2 Å². The Balaban J connectivity index is 2.95. The number of nitrogens with zero attached hydrogens (tertiary/aromatic N) is 2. The van der Waals surface area contributed by atoms with Crippen LogP contribution in [0, 0.1) is 0 Å². The van der Waals surface area contributed by atoms with E-state index in [1.54, 1.807) is 6.92 Å². The van der Waals surface area contributed by atoms with Crippen LogP contribution in [0.2, 0.25) is 0 Å². The third-order valence-electron chi connectivity index (χ3n) is 2.23. The molecule has 0 spiro atoms. The summed E-state index contributed by atoms with van der Waals surface area (Å²) in [6.45, 7) is 0.125. The Morgan fingerprint density at radius 3 is 2.56 bits per heavy atom. The zero-order valence-corrected chi connectivity index (χ0v) is 10.6. The third-order valence-corrected chi connectivity index (χ3v) is 4.04. The van der Waals surface area contributed by atoms with Gasteiger partial charge in [-0.2, -0.15) is 22.6 Å². The molecule has 1 rings (SSSR count). The zero-order valence-electron chi connectivity index (χ0n) is 9.74. The fraction of sp³-hybridized carbons (Fsp3) is 0.667. The number of unbranched alkanes of at least 4 members (excludes halogenated alkanes) is 1. The van der Waals surface area contributed by atoms with E-state index in [9.17, 15) is 21.6 Å². The van der Waals surface area contributed by atoms with Crippen molar-refractivity contribution in [3.05, 3.63) is 12.4 Å². The molecule has 0 saturated heterocycles. The summed E-state index contributed by atoms with van der Waals surface area (Å²) in [4.78, 5) is -0.261. The fourth-order valence-corrected chi connectivity index (χ4v) is 2.72. The predicted octanol–water partition coefficient (Wildman–Crippen LogP) is 1.76. The molecule has 0 aliphatic rings. The van der Waals surface area contributed by atoms with Crippen molar-refractivity contribution in [1.29, 1.82) is 0 Å². The molecular formula is C9H14F3N3O2S. The average Bonchev–Trinajstić information content (AvgIpc) is 2.76. The highest BCUT2D eigenvalue weighted by Gasteiger charge is 2.36. The van der Waals surface area contributed by atoms with Crippen molar-refractivity contribution in [2.45, 2.75) is 30.8 Å². The molecule has 1 aromatic heterocycles. The van der Waals surface area contributed by atoms with Gasteiger partial charge in [0.1, 0.15) is 11.4 Å². The molecule has 0 aliphatic heterocycles. The SMILES string of the molecule is CCCCN(CC(F)(F)F)S(=O)(=O)c1cn[nH]c1. The highest BCUT2D eigenvalue weighted by Crippen LogP contribution is 2.22. The van der Waals surface area contributed by atoms with Crippen molar-refractivity contribution >= 4 is 10.0 Å². The number of sulfonamides is 1. The van der Waals surface area contributed by atoms with Gasteiger partial charge in [-0.25, -0.2) is 8.42 Å². The number of nitrogens with one attached hydrogen (secondary N) is 1. The van der Waals surface area contributed by atoms with Crippen LogP contribution >= 0.6 is 0 Å². The molecule has 1 N–H and O–H groups in total. The second-order valence-electron chi connectivity index (χ2n) is 3.74. The molecule has 1 aromatic rings. The highest BCUT2D eigenvalue weighted by atomic mass is 32.2. The lowest BCUT2D eigenvalue weighted by atomic mass is 10.3. The quantitative estimate of drug-likeness (QED) is 0.866. The topological polar surface area (TPSA) is 66.1 Å². The summed E-state index contributed by atoms with van der Waals surface area (Å²) >= 11 is 0. The summed E-state index contributed by atoms with van der Waals surface area (Å²) in [7, 11) is -4.14. The first-order valence-corrected chi connectivity index (χ1v) is 6.77. The Morgan fingerprint density at radius 2 is 2.11 bits per heavy atom. The third kappa shape index (κ3) is 3.98. The molecule has 0 amide bonds. The van der Waals surface area contributed by atoms with Crippen LogP contribution in [0.15, 0.2) is 17.3 Å². The van der Waals surface area contributed by atoms with Gasteiger partial charge in [-0.3, -0.25) is 5.10 Å². The molecular weight excluding hydrogens is 271 g/mol. The van der Waals surface area contributed by atoms with Gasteiger partial charge in [0.05, 0.1) is 6.20 Å². The number of H-pyrrole nitrogens is 1. The van der Waals surface area contributed by atoms with Gasteiger partial charge < -0.3 is 0 Å². The van der Waals surface area contributed by atoms with Crippen LogP contribution in [0.3, 0.4) is 0 Å². The van der Waals surface area contributed by atoms with Gasteiger partial charge in [-0.15, -0.1) is 0 Å². The number of halogens is 3. The zero-order chi connectivity index (χ0) is 13.8. The molecule has 0 aromatic carbocycles. The number of hydrogen-bond acceptors (Lipinski definition) is 3. The summed E-state index contributed by atoms with van der Waals surface area (Å²) in [5, 5.41) is 5.71. The number of aromatic nitrogens is 2. The molecule has 0 fully saturated rings. The summed E-state index contributed by atoms with van der Waals surface area (Å²) in [6.07, 6.45) is -1.54. The lowest BCUT2D eigenvalue weighted by Gasteiger charge is -2.22. The second kappa shape index (κ2) is 5.70. The van der Waals surface area contributed by atoms with Crippen LogP contribution in [0.4, 0.5) is 13.2 Å². The summed E-state index contributed by atoms with van der Waals surface area (Å²) in [6, 6.07) is 0. The first-order valence-electron chi connectivity index (χ1n) is 5.33. The minimum atomic E-state index is -4.56. The van der Waals surface area contributed by atoms with Gasteiger partial charge in [-0.1, -0.05) is 13.3 Å². The first kappa shape index (κ1) is 15.0. The summed E-state index contributed by atoms with van der Waals surface area (Å²) in [5.41, 5.74) is 0. The van der Waals surface area contributed by atoms with Crippen molar-refractivity contribution in [2.24, 2.45) is 0 Å². The molecule has 9 heteroatoms. The van der Waals surface area contributed by atoms with Gasteiger partial charge >= 0.3 is 6.18 Å². The minimum absolute atomic E-state index is 0.163. The molecule has 0 aliphatic carbocycles. The average molecular weight is 285 g/mol. The normalized spacial score (nSPS) is 13.2. The lowest BCUT2D eigenvalue weighted by Crippen LogP contribution is -2.39. The molecule has 0 radical (unpaired) electrons. The Kier molecular flexibility index (Phi) is 4.74. The van der Waals surface area contributed by atoms with Crippen molar-refractivity contribution in [3.63, 3.8) is 0 Å². The van der Waals surface area contributed by atoms with E-state index in [1.807, 2.05) is 0 Å². The molecule has 0 unspecified atom stereocenters. The highest BCUT2D eigenvalue weighted by molar-refractivity contribution is 7.89. The van der Waals surface area contributed by atoms with E-state index in [-0.39, 0.29) is 11.4 Å². The maximum atomic E-state index is 12.4. The molecule has 0 atom stereocenters. The van der Waals surface area contributed by atoms with Crippen LogP contribution in [0.1, 0.15) is 19.8 Å². The van der Waals surface area contributed by atoms with Crippen molar-refractivity contribution in [3.8, 4) is 0 Å². The molecule has 0 saturated carbocycles. The Morgan fingerprint density at radius 1 is 1.44 bits per heavy atom. The van der Waals surface area contributed by atoms with Crippen LogP contribution < -0.4 is 0 Å².